The average molecular weight is 530 g/mol. The first-order valence-electron chi connectivity index (χ1n) is 10.9. The number of nitrogens with one attached hydrogen (secondary N) is 1. The Hall–Kier alpha value is -3.17. The van der Waals surface area contributed by atoms with E-state index in [-0.39, 0.29) is 17.2 Å². The predicted molar refractivity (Wildman–Crippen MR) is 141 cm³/mol. The van der Waals surface area contributed by atoms with Gasteiger partial charge in [0.25, 0.3) is 5.91 Å². The summed E-state index contributed by atoms with van der Waals surface area (Å²) in [4.78, 5) is 12.7. The molecule has 0 saturated heterocycles. The van der Waals surface area contributed by atoms with Gasteiger partial charge in [-0.15, -0.1) is 0 Å². The minimum Gasteiger partial charge on any atom is -0.490 e. The first kappa shape index (κ1) is 26.4. The van der Waals surface area contributed by atoms with Gasteiger partial charge in [-0.1, -0.05) is 59.9 Å². The first-order chi connectivity index (χ1) is 16.8. The van der Waals surface area contributed by atoms with Gasteiger partial charge in [0.05, 0.1) is 21.7 Å². The van der Waals surface area contributed by atoms with Gasteiger partial charge in [0.2, 0.25) is 0 Å². The smallest absolute Gasteiger partial charge is 0.266 e. The summed E-state index contributed by atoms with van der Waals surface area (Å²) in [6.45, 7) is 4.44. The van der Waals surface area contributed by atoms with Crippen molar-refractivity contribution in [2.75, 3.05) is 11.9 Å². The van der Waals surface area contributed by atoms with Gasteiger partial charge in [-0.3, -0.25) is 4.79 Å². The van der Waals surface area contributed by atoms with Gasteiger partial charge in [0, 0.05) is 5.69 Å². The van der Waals surface area contributed by atoms with Crippen molar-refractivity contribution in [1.82, 2.24) is 0 Å². The molecule has 0 spiro atoms. The van der Waals surface area contributed by atoms with Gasteiger partial charge < -0.3 is 14.8 Å². The molecule has 0 saturated carbocycles. The Labute approximate surface area is 219 Å². The summed E-state index contributed by atoms with van der Waals surface area (Å²) in [5.74, 6) is 0.209. The standard InChI is InChI=1S/C27H23Cl3N2O3/c1-3-17-5-8-21(9-6-17)32-27(33)20(15-31)11-19-13-24(30)26(25(14-19)34-4-2)35-16-18-7-10-22(28)23(29)12-18/h5-14H,3-4,16H2,1-2H3,(H,32,33)/b20-11+. The number of aryl methyl sites for hydroxylation is 1. The number of amides is 1. The Morgan fingerprint density at radius 2 is 1.66 bits per heavy atom. The Balaban J connectivity index is 1.82. The molecule has 3 aromatic carbocycles. The lowest BCUT2D eigenvalue weighted by atomic mass is 10.1. The SMILES string of the molecule is CCOc1cc(/C=C(\C#N)C(=O)Nc2ccc(CC)cc2)cc(Cl)c1OCc1ccc(Cl)c(Cl)c1. The van der Waals surface area contributed by atoms with Crippen LogP contribution in [0.3, 0.4) is 0 Å². The topological polar surface area (TPSA) is 71.3 Å². The van der Waals surface area contributed by atoms with Crippen LogP contribution in [-0.4, -0.2) is 12.5 Å². The van der Waals surface area contributed by atoms with Crippen LogP contribution in [0.2, 0.25) is 15.1 Å². The summed E-state index contributed by atoms with van der Waals surface area (Å²) < 4.78 is 11.6. The normalized spacial score (nSPS) is 11.0. The molecule has 8 heteroatoms. The highest BCUT2D eigenvalue weighted by Crippen LogP contribution is 2.38. The van der Waals surface area contributed by atoms with Crippen molar-refractivity contribution in [2.45, 2.75) is 26.9 Å². The molecular weight excluding hydrogens is 507 g/mol. The zero-order valence-corrected chi connectivity index (χ0v) is 21.5. The molecule has 1 amide bonds. The van der Waals surface area contributed by atoms with E-state index in [1.54, 1.807) is 42.5 Å². The number of benzene rings is 3. The second-order valence-corrected chi connectivity index (χ2v) is 8.70. The van der Waals surface area contributed by atoms with E-state index >= 15 is 0 Å². The van der Waals surface area contributed by atoms with Crippen molar-refractivity contribution in [3.63, 3.8) is 0 Å². The van der Waals surface area contributed by atoms with Gasteiger partial charge in [-0.05, 0) is 72.5 Å². The number of carbonyl (C=O) groups excluding carboxylic acids is 1. The fraction of sp³-hybridized carbons (Fsp3) is 0.185. The van der Waals surface area contributed by atoms with Crippen LogP contribution in [0.1, 0.15) is 30.5 Å². The zero-order chi connectivity index (χ0) is 25.4. The molecule has 3 aromatic rings. The maximum Gasteiger partial charge on any atom is 0.266 e. The van der Waals surface area contributed by atoms with E-state index in [1.165, 1.54) is 6.08 Å². The van der Waals surface area contributed by atoms with Crippen LogP contribution in [0.4, 0.5) is 5.69 Å². The summed E-state index contributed by atoms with van der Waals surface area (Å²) in [5.41, 5.74) is 3.00. The van der Waals surface area contributed by atoms with E-state index in [0.717, 1.165) is 17.5 Å². The molecule has 180 valence electrons. The third-order valence-corrected chi connectivity index (χ3v) is 6.01. The van der Waals surface area contributed by atoms with Gasteiger partial charge in [-0.25, -0.2) is 0 Å². The molecular formula is C27H23Cl3N2O3. The summed E-state index contributed by atoms with van der Waals surface area (Å²) in [6, 6.07) is 17.9. The summed E-state index contributed by atoms with van der Waals surface area (Å²) in [6.07, 6.45) is 2.35. The molecule has 0 aromatic heterocycles. The van der Waals surface area contributed by atoms with E-state index in [0.29, 0.717) is 39.4 Å². The largest absolute Gasteiger partial charge is 0.490 e. The van der Waals surface area contributed by atoms with E-state index in [4.69, 9.17) is 44.3 Å². The number of hydrogen-bond acceptors (Lipinski definition) is 4. The van der Waals surface area contributed by atoms with Gasteiger partial charge in [0.1, 0.15) is 18.2 Å². The molecule has 1 N–H and O–H groups in total. The predicted octanol–water partition coefficient (Wildman–Crippen LogP) is 7.73. The highest BCUT2D eigenvalue weighted by Gasteiger charge is 2.15. The van der Waals surface area contributed by atoms with Gasteiger partial charge in [0.15, 0.2) is 11.5 Å². The van der Waals surface area contributed by atoms with Crippen molar-refractivity contribution in [1.29, 1.82) is 5.26 Å². The Morgan fingerprint density at radius 3 is 2.29 bits per heavy atom. The van der Waals surface area contributed by atoms with E-state index < -0.39 is 5.91 Å². The lowest BCUT2D eigenvalue weighted by Gasteiger charge is -2.15. The second-order valence-electron chi connectivity index (χ2n) is 7.47. The Kier molecular flexibility index (Phi) is 9.45. The molecule has 0 aliphatic carbocycles. The number of carbonyl (C=O) groups is 1. The molecule has 35 heavy (non-hydrogen) atoms. The monoisotopic (exact) mass is 528 g/mol. The molecule has 0 bridgehead atoms. The highest BCUT2D eigenvalue weighted by atomic mass is 35.5. The molecule has 0 radical (unpaired) electrons. The second kappa shape index (κ2) is 12.5. The van der Waals surface area contributed by atoms with E-state index in [2.05, 4.69) is 12.2 Å². The fourth-order valence-electron chi connectivity index (χ4n) is 3.20. The van der Waals surface area contributed by atoms with Crippen molar-refractivity contribution < 1.29 is 14.3 Å². The molecule has 0 unspecified atom stereocenters. The van der Waals surface area contributed by atoms with Gasteiger partial charge in [-0.2, -0.15) is 5.26 Å². The summed E-state index contributed by atoms with van der Waals surface area (Å²) >= 11 is 18.5. The van der Waals surface area contributed by atoms with Crippen molar-refractivity contribution in [2.24, 2.45) is 0 Å². The van der Waals surface area contributed by atoms with Crippen LogP contribution in [-0.2, 0) is 17.8 Å². The number of ether oxygens (including phenoxy) is 2. The minimum absolute atomic E-state index is 0.0763. The van der Waals surface area contributed by atoms with E-state index in [9.17, 15) is 10.1 Å². The van der Waals surface area contributed by atoms with Crippen LogP contribution < -0.4 is 14.8 Å². The third kappa shape index (κ3) is 7.16. The molecule has 0 atom stereocenters. The van der Waals surface area contributed by atoms with Crippen LogP contribution in [0.25, 0.3) is 6.08 Å². The lowest BCUT2D eigenvalue weighted by molar-refractivity contribution is -0.112. The molecule has 0 aliphatic rings. The molecule has 3 rings (SSSR count). The van der Waals surface area contributed by atoms with Crippen molar-refractivity contribution in [3.05, 3.63) is 91.9 Å². The van der Waals surface area contributed by atoms with Crippen LogP contribution >= 0.6 is 34.8 Å². The third-order valence-electron chi connectivity index (χ3n) is 5.00. The Bertz CT molecular complexity index is 1280. The number of nitrogens with zero attached hydrogens (tertiary/aromatic N) is 1. The zero-order valence-electron chi connectivity index (χ0n) is 19.2. The molecule has 0 fully saturated rings. The Morgan fingerprint density at radius 1 is 0.943 bits per heavy atom. The molecule has 0 aliphatic heterocycles. The molecule has 0 heterocycles. The molecule has 5 nitrogen and oxygen atoms in total. The highest BCUT2D eigenvalue weighted by molar-refractivity contribution is 6.42. The maximum atomic E-state index is 12.7. The van der Waals surface area contributed by atoms with Crippen molar-refractivity contribution >= 4 is 52.5 Å². The van der Waals surface area contributed by atoms with Crippen LogP contribution in [0.15, 0.2) is 60.2 Å². The maximum absolute atomic E-state index is 12.7. The van der Waals surface area contributed by atoms with E-state index in [1.807, 2.05) is 25.1 Å². The van der Waals surface area contributed by atoms with Crippen LogP contribution in [0.5, 0.6) is 11.5 Å². The number of hydrogen-bond donors (Lipinski definition) is 1. The number of nitriles is 1. The van der Waals surface area contributed by atoms with Gasteiger partial charge >= 0.3 is 0 Å². The van der Waals surface area contributed by atoms with Crippen molar-refractivity contribution in [3.8, 4) is 17.6 Å². The first-order valence-corrected chi connectivity index (χ1v) is 12.0. The quantitative estimate of drug-likeness (QED) is 0.227. The number of halogens is 3. The summed E-state index contributed by atoms with van der Waals surface area (Å²) in [7, 11) is 0. The number of anilines is 1. The summed E-state index contributed by atoms with van der Waals surface area (Å²) in [5, 5.41) is 13.5. The average Bonchev–Trinajstić information content (AvgIpc) is 2.84. The minimum atomic E-state index is -0.522. The fourth-order valence-corrected chi connectivity index (χ4v) is 3.79. The lowest BCUT2D eigenvalue weighted by Crippen LogP contribution is -2.13. The number of rotatable bonds is 9. The van der Waals surface area contributed by atoms with Crippen LogP contribution in [0, 0.1) is 11.3 Å².